The van der Waals surface area contributed by atoms with Crippen molar-refractivity contribution in [2.24, 2.45) is 5.73 Å². The predicted octanol–water partition coefficient (Wildman–Crippen LogP) is 5.60. The Balaban J connectivity index is 1.65. The third-order valence-corrected chi connectivity index (χ3v) is 6.04. The van der Waals surface area contributed by atoms with E-state index in [1.54, 1.807) is 0 Å². The third kappa shape index (κ3) is 4.76. The summed E-state index contributed by atoms with van der Waals surface area (Å²) >= 11 is 0. The van der Waals surface area contributed by atoms with E-state index in [-0.39, 0.29) is 17.8 Å². The highest BCUT2D eigenvalue weighted by Crippen LogP contribution is 2.34. The number of rotatable bonds is 8. The van der Waals surface area contributed by atoms with Gasteiger partial charge in [0.1, 0.15) is 24.5 Å². The lowest BCUT2D eigenvalue weighted by atomic mass is 10.0. The average Bonchev–Trinajstić information content (AvgIpc) is 2.91. The van der Waals surface area contributed by atoms with Crippen LogP contribution in [-0.4, -0.2) is 27.2 Å². The summed E-state index contributed by atoms with van der Waals surface area (Å²) in [4.78, 5) is 15.8. The van der Waals surface area contributed by atoms with Crippen LogP contribution in [-0.2, 0) is 6.61 Å². The number of nitrogens with zero attached hydrogens (tertiary/aromatic N) is 1. The van der Waals surface area contributed by atoms with E-state index in [0.717, 1.165) is 33.3 Å². The third-order valence-electron chi connectivity index (χ3n) is 6.04. The maximum atomic E-state index is 13.7. The SMILES string of the molecule is CN(C)c1ccc(-c2oc3cc4cc(OCCN)ccc4cc3c(=O)c2OCc2ccccc2)cc1. The molecule has 5 rings (SSSR count). The first-order valence-electron chi connectivity index (χ1n) is 11.9. The Hall–Kier alpha value is -4.29. The first-order valence-corrected chi connectivity index (χ1v) is 11.9. The maximum Gasteiger partial charge on any atom is 0.235 e. The molecule has 1 heterocycles. The fourth-order valence-electron chi connectivity index (χ4n) is 4.13. The predicted molar refractivity (Wildman–Crippen MR) is 145 cm³/mol. The van der Waals surface area contributed by atoms with Gasteiger partial charge in [0.25, 0.3) is 0 Å². The number of benzene rings is 4. The molecule has 0 atom stereocenters. The van der Waals surface area contributed by atoms with Gasteiger partial charge in [-0.1, -0.05) is 36.4 Å². The first-order chi connectivity index (χ1) is 17.5. The van der Waals surface area contributed by atoms with Gasteiger partial charge in [0.2, 0.25) is 11.2 Å². The molecule has 0 spiro atoms. The molecule has 36 heavy (non-hydrogen) atoms. The minimum atomic E-state index is -0.204. The maximum absolute atomic E-state index is 13.7. The van der Waals surface area contributed by atoms with Gasteiger partial charge in [0.05, 0.1) is 5.39 Å². The summed E-state index contributed by atoms with van der Waals surface area (Å²) in [6, 6.07) is 27.1. The molecule has 4 aromatic carbocycles. The normalized spacial score (nSPS) is 11.1. The Labute approximate surface area is 209 Å². The van der Waals surface area contributed by atoms with Crippen LogP contribution in [0.2, 0.25) is 0 Å². The van der Waals surface area contributed by atoms with Crippen molar-refractivity contribution in [3.63, 3.8) is 0 Å². The smallest absolute Gasteiger partial charge is 0.235 e. The monoisotopic (exact) mass is 480 g/mol. The molecule has 6 heteroatoms. The van der Waals surface area contributed by atoms with Crippen LogP contribution < -0.4 is 25.5 Å². The van der Waals surface area contributed by atoms with Crippen LogP contribution in [0.5, 0.6) is 11.5 Å². The standard InChI is InChI=1S/C30H28N2O4/c1-32(2)24-11-8-21(9-12-24)29-30(35-19-20-6-4-3-5-7-20)28(33)26-17-22-10-13-25(34-15-14-31)16-23(22)18-27(26)36-29/h3-13,16-18H,14-15,19,31H2,1-2H3. The van der Waals surface area contributed by atoms with Crippen molar-refractivity contribution in [1.82, 2.24) is 0 Å². The Kier molecular flexibility index (Phi) is 6.60. The van der Waals surface area contributed by atoms with E-state index in [1.807, 2.05) is 104 Å². The Morgan fingerprint density at radius 1 is 0.861 bits per heavy atom. The van der Waals surface area contributed by atoms with Gasteiger partial charge in [-0.25, -0.2) is 0 Å². The van der Waals surface area contributed by atoms with Crippen molar-refractivity contribution in [1.29, 1.82) is 0 Å². The number of hydrogen-bond donors (Lipinski definition) is 1. The second-order valence-electron chi connectivity index (χ2n) is 8.80. The Morgan fingerprint density at radius 3 is 2.36 bits per heavy atom. The molecule has 1 aromatic heterocycles. The molecular formula is C30H28N2O4. The van der Waals surface area contributed by atoms with Crippen molar-refractivity contribution in [2.75, 3.05) is 32.1 Å². The van der Waals surface area contributed by atoms with Crippen LogP contribution >= 0.6 is 0 Å². The molecule has 0 aliphatic rings. The highest BCUT2D eigenvalue weighted by molar-refractivity contribution is 5.97. The quantitative estimate of drug-likeness (QED) is 0.292. The van der Waals surface area contributed by atoms with Gasteiger partial charge in [0, 0.05) is 31.9 Å². The van der Waals surface area contributed by atoms with Gasteiger partial charge >= 0.3 is 0 Å². The molecular weight excluding hydrogens is 452 g/mol. The molecule has 0 aliphatic heterocycles. The molecule has 0 unspecified atom stereocenters. The number of nitrogens with two attached hydrogens (primary N) is 1. The van der Waals surface area contributed by atoms with Crippen molar-refractivity contribution in [2.45, 2.75) is 6.61 Å². The molecule has 0 amide bonds. The highest BCUT2D eigenvalue weighted by Gasteiger charge is 2.19. The van der Waals surface area contributed by atoms with Gasteiger partial charge in [0.15, 0.2) is 5.76 Å². The van der Waals surface area contributed by atoms with Crippen molar-refractivity contribution >= 4 is 27.4 Å². The molecule has 6 nitrogen and oxygen atoms in total. The van der Waals surface area contributed by atoms with E-state index in [1.165, 1.54) is 0 Å². The van der Waals surface area contributed by atoms with E-state index >= 15 is 0 Å². The number of hydrogen-bond acceptors (Lipinski definition) is 6. The molecule has 0 fully saturated rings. The minimum Gasteiger partial charge on any atom is -0.492 e. The van der Waals surface area contributed by atoms with E-state index in [0.29, 0.717) is 29.9 Å². The van der Waals surface area contributed by atoms with Crippen LogP contribution in [0, 0.1) is 0 Å². The molecule has 0 bridgehead atoms. The Bertz CT molecular complexity index is 1560. The summed E-state index contributed by atoms with van der Waals surface area (Å²) in [6.07, 6.45) is 0. The average molecular weight is 481 g/mol. The lowest BCUT2D eigenvalue weighted by molar-refractivity contribution is 0.298. The zero-order valence-electron chi connectivity index (χ0n) is 20.4. The molecule has 5 aromatic rings. The van der Waals surface area contributed by atoms with Crippen molar-refractivity contribution < 1.29 is 13.9 Å². The number of anilines is 1. The zero-order valence-corrected chi connectivity index (χ0v) is 20.4. The molecule has 0 aliphatic carbocycles. The van der Waals surface area contributed by atoms with E-state index in [4.69, 9.17) is 19.6 Å². The lowest BCUT2D eigenvalue weighted by Gasteiger charge is -2.15. The van der Waals surface area contributed by atoms with Crippen molar-refractivity contribution in [3.8, 4) is 22.8 Å². The summed E-state index contributed by atoms with van der Waals surface area (Å²) in [5.74, 6) is 1.33. The fraction of sp³-hybridized carbons (Fsp3) is 0.167. The lowest BCUT2D eigenvalue weighted by Crippen LogP contribution is -2.11. The van der Waals surface area contributed by atoms with Crippen LogP contribution in [0.15, 0.2) is 94.1 Å². The summed E-state index contributed by atoms with van der Waals surface area (Å²) in [5, 5.41) is 2.29. The topological polar surface area (TPSA) is 77.9 Å². The van der Waals surface area contributed by atoms with Crippen LogP contribution in [0.1, 0.15) is 5.56 Å². The van der Waals surface area contributed by atoms with Gasteiger partial charge < -0.3 is 24.5 Å². The summed E-state index contributed by atoms with van der Waals surface area (Å²) in [7, 11) is 3.96. The second-order valence-corrected chi connectivity index (χ2v) is 8.80. The molecule has 0 saturated heterocycles. The van der Waals surface area contributed by atoms with Crippen LogP contribution in [0.4, 0.5) is 5.69 Å². The molecule has 0 saturated carbocycles. The Morgan fingerprint density at radius 2 is 1.64 bits per heavy atom. The van der Waals surface area contributed by atoms with Crippen LogP contribution in [0.3, 0.4) is 0 Å². The number of ether oxygens (including phenoxy) is 2. The van der Waals surface area contributed by atoms with Gasteiger partial charge in [-0.15, -0.1) is 0 Å². The van der Waals surface area contributed by atoms with E-state index in [2.05, 4.69) is 0 Å². The van der Waals surface area contributed by atoms with Gasteiger partial charge in [-0.3, -0.25) is 4.79 Å². The van der Waals surface area contributed by atoms with Gasteiger partial charge in [-0.2, -0.15) is 0 Å². The van der Waals surface area contributed by atoms with E-state index < -0.39 is 0 Å². The molecule has 2 N–H and O–H groups in total. The second kappa shape index (κ2) is 10.1. The van der Waals surface area contributed by atoms with Crippen molar-refractivity contribution in [3.05, 3.63) is 101 Å². The summed E-state index contributed by atoms with van der Waals surface area (Å²) < 4.78 is 18.2. The zero-order chi connectivity index (χ0) is 25.1. The van der Waals surface area contributed by atoms with Gasteiger partial charge in [-0.05, 0) is 64.9 Å². The molecule has 0 radical (unpaired) electrons. The highest BCUT2D eigenvalue weighted by atomic mass is 16.5. The largest absolute Gasteiger partial charge is 0.492 e. The molecule has 182 valence electrons. The minimum absolute atomic E-state index is 0.200. The van der Waals surface area contributed by atoms with Crippen LogP contribution in [0.25, 0.3) is 33.1 Å². The summed E-state index contributed by atoms with van der Waals surface area (Å²) in [6.45, 7) is 1.13. The fourth-order valence-corrected chi connectivity index (χ4v) is 4.13. The van der Waals surface area contributed by atoms with E-state index in [9.17, 15) is 4.79 Å². The summed E-state index contributed by atoms with van der Waals surface area (Å²) in [5.41, 5.74) is 8.63. The number of fused-ring (bicyclic) bond motifs is 2. The first kappa shape index (κ1) is 23.5.